The van der Waals surface area contributed by atoms with Gasteiger partial charge < -0.3 is 23.5 Å². The Morgan fingerprint density at radius 1 is 0.947 bits per heavy atom. The Morgan fingerprint density at radius 2 is 1.68 bits per heavy atom. The van der Waals surface area contributed by atoms with Crippen LogP contribution in [0.1, 0.15) is 23.3 Å². The molecular weight excluding hydrogens is 508 g/mol. The van der Waals surface area contributed by atoms with Gasteiger partial charge in [-0.25, -0.2) is 8.42 Å². The number of carbonyl (C=O) groups is 1. The van der Waals surface area contributed by atoms with E-state index in [2.05, 4.69) is 0 Å². The molecule has 0 unspecified atom stereocenters. The van der Waals surface area contributed by atoms with Crippen molar-refractivity contribution in [3.63, 3.8) is 0 Å². The number of aryl methyl sites for hydroxylation is 1. The van der Waals surface area contributed by atoms with Crippen LogP contribution in [0.3, 0.4) is 0 Å². The van der Waals surface area contributed by atoms with Crippen LogP contribution in [0.25, 0.3) is 0 Å². The van der Waals surface area contributed by atoms with Gasteiger partial charge in [-0.05, 0) is 61.7 Å². The monoisotopic (exact) mass is 544 g/mol. The molecule has 0 aliphatic heterocycles. The highest BCUT2D eigenvalue weighted by atomic mass is 32.2. The Labute approximate surface area is 225 Å². The Morgan fingerprint density at radius 3 is 2.32 bits per heavy atom. The van der Waals surface area contributed by atoms with Crippen molar-refractivity contribution >= 4 is 15.9 Å². The van der Waals surface area contributed by atoms with E-state index in [-0.39, 0.29) is 30.4 Å². The van der Waals surface area contributed by atoms with Gasteiger partial charge in [-0.2, -0.15) is 4.31 Å². The minimum atomic E-state index is -3.90. The first-order chi connectivity index (χ1) is 18.3. The summed E-state index contributed by atoms with van der Waals surface area (Å²) >= 11 is 0. The van der Waals surface area contributed by atoms with Gasteiger partial charge in [0.2, 0.25) is 15.9 Å². The summed E-state index contributed by atoms with van der Waals surface area (Å²) in [6.45, 7) is 2.69. The average molecular weight is 545 g/mol. The van der Waals surface area contributed by atoms with Crippen LogP contribution in [0.4, 0.5) is 0 Å². The maximum Gasteiger partial charge on any atom is 0.243 e. The van der Waals surface area contributed by atoms with Crippen LogP contribution in [0.15, 0.2) is 70.2 Å². The van der Waals surface area contributed by atoms with E-state index in [0.717, 1.165) is 11.1 Å². The molecule has 0 bridgehead atoms. The van der Waals surface area contributed by atoms with E-state index in [9.17, 15) is 13.2 Å². The standard InChI is InChI=1S/C28H36N2O7S/c1-22-8-11-25(12-9-22)38(32,33)30(15-6-17-34-2)21-28(31)29(20-24-7-5-18-37-24)16-14-23-10-13-26(35-3)27(19-23)36-4/h5,7-13,18-19H,6,14-17,20-21H2,1-4H3. The number of furan rings is 1. The van der Waals surface area contributed by atoms with E-state index in [4.69, 9.17) is 18.6 Å². The van der Waals surface area contributed by atoms with Crippen molar-refractivity contribution in [3.8, 4) is 11.5 Å². The normalized spacial score (nSPS) is 11.5. The highest BCUT2D eigenvalue weighted by molar-refractivity contribution is 7.89. The lowest BCUT2D eigenvalue weighted by atomic mass is 10.1. The molecular formula is C28H36N2O7S. The SMILES string of the molecule is COCCCN(CC(=O)N(CCc1ccc(OC)c(OC)c1)Cc1ccco1)S(=O)(=O)c1ccc(C)cc1. The number of hydrogen-bond acceptors (Lipinski definition) is 7. The van der Waals surface area contributed by atoms with Gasteiger partial charge in [0.05, 0.1) is 38.5 Å². The lowest BCUT2D eigenvalue weighted by Crippen LogP contribution is -2.43. The number of sulfonamides is 1. The molecule has 1 aromatic heterocycles. The first-order valence-electron chi connectivity index (χ1n) is 12.3. The van der Waals surface area contributed by atoms with Crippen molar-refractivity contribution in [3.05, 3.63) is 77.7 Å². The summed E-state index contributed by atoms with van der Waals surface area (Å²) in [5.41, 5.74) is 1.90. The number of methoxy groups -OCH3 is 3. The summed E-state index contributed by atoms with van der Waals surface area (Å²) in [7, 11) is 0.807. The first kappa shape index (κ1) is 29.2. The zero-order valence-electron chi connectivity index (χ0n) is 22.4. The Balaban J connectivity index is 1.82. The van der Waals surface area contributed by atoms with Gasteiger partial charge in [0.1, 0.15) is 5.76 Å². The van der Waals surface area contributed by atoms with Gasteiger partial charge in [0.15, 0.2) is 11.5 Å². The lowest BCUT2D eigenvalue weighted by molar-refractivity contribution is -0.132. The van der Waals surface area contributed by atoms with Crippen LogP contribution in [0, 0.1) is 6.92 Å². The number of hydrogen-bond donors (Lipinski definition) is 0. The average Bonchev–Trinajstić information content (AvgIpc) is 3.43. The summed E-state index contributed by atoms with van der Waals surface area (Å²) in [4.78, 5) is 15.4. The third-order valence-corrected chi connectivity index (χ3v) is 7.98. The number of rotatable bonds is 15. The lowest BCUT2D eigenvalue weighted by Gasteiger charge is -2.27. The Kier molecular flexibility index (Phi) is 10.8. The Hall–Kier alpha value is -3.34. The number of nitrogens with zero attached hydrogens (tertiary/aromatic N) is 2. The maximum absolute atomic E-state index is 13.6. The fourth-order valence-electron chi connectivity index (χ4n) is 3.96. The smallest absolute Gasteiger partial charge is 0.243 e. The molecule has 0 saturated heterocycles. The fraction of sp³-hybridized carbons (Fsp3) is 0.393. The Bertz CT molecular complexity index is 1260. The quantitative estimate of drug-likeness (QED) is 0.268. The fourth-order valence-corrected chi connectivity index (χ4v) is 5.39. The molecule has 9 nitrogen and oxygen atoms in total. The summed E-state index contributed by atoms with van der Waals surface area (Å²) in [5.74, 6) is 1.50. The predicted molar refractivity (Wildman–Crippen MR) is 144 cm³/mol. The van der Waals surface area contributed by atoms with Gasteiger partial charge in [0, 0.05) is 26.8 Å². The molecule has 3 rings (SSSR count). The molecule has 0 atom stereocenters. The largest absolute Gasteiger partial charge is 0.493 e. The number of carbonyl (C=O) groups excluding carboxylic acids is 1. The number of ether oxygens (including phenoxy) is 3. The molecule has 0 fully saturated rings. The molecule has 2 aromatic carbocycles. The second kappa shape index (κ2) is 14.0. The van der Waals surface area contributed by atoms with Gasteiger partial charge >= 0.3 is 0 Å². The predicted octanol–water partition coefficient (Wildman–Crippen LogP) is 3.90. The van der Waals surface area contributed by atoms with Gasteiger partial charge in [-0.15, -0.1) is 0 Å². The van der Waals surface area contributed by atoms with Crippen LogP contribution in [-0.4, -0.2) is 71.1 Å². The molecule has 38 heavy (non-hydrogen) atoms. The van der Waals surface area contributed by atoms with Gasteiger partial charge in [0.25, 0.3) is 0 Å². The summed E-state index contributed by atoms with van der Waals surface area (Å²) in [6.07, 6.45) is 2.53. The van der Waals surface area contributed by atoms with E-state index in [0.29, 0.717) is 43.3 Å². The van der Waals surface area contributed by atoms with Crippen LogP contribution in [0.2, 0.25) is 0 Å². The van der Waals surface area contributed by atoms with Gasteiger partial charge in [-0.3, -0.25) is 4.79 Å². The summed E-state index contributed by atoms with van der Waals surface area (Å²) in [6, 6.07) is 15.8. The van der Waals surface area contributed by atoms with Crippen molar-refractivity contribution in [1.82, 2.24) is 9.21 Å². The van der Waals surface area contributed by atoms with Crippen molar-refractivity contribution in [1.29, 1.82) is 0 Å². The second-order valence-corrected chi connectivity index (χ2v) is 10.8. The molecule has 0 N–H and O–H groups in total. The third kappa shape index (κ3) is 7.83. The molecule has 10 heteroatoms. The minimum Gasteiger partial charge on any atom is -0.493 e. The van der Waals surface area contributed by atoms with Crippen LogP contribution < -0.4 is 9.47 Å². The van der Waals surface area contributed by atoms with Gasteiger partial charge in [-0.1, -0.05) is 23.8 Å². The second-order valence-electron chi connectivity index (χ2n) is 8.83. The molecule has 1 amide bonds. The van der Waals surface area contributed by atoms with E-state index >= 15 is 0 Å². The molecule has 0 saturated carbocycles. The van der Waals surface area contributed by atoms with Crippen molar-refractivity contribution in [2.45, 2.75) is 31.2 Å². The first-order valence-corrected chi connectivity index (χ1v) is 13.8. The van der Waals surface area contributed by atoms with E-state index < -0.39 is 10.0 Å². The van der Waals surface area contributed by atoms with Crippen molar-refractivity contribution in [2.24, 2.45) is 0 Å². The van der Waals surface area contributed by atoms with Crippen molar-refractivity contribution < 1.29 is 31.8 Å². The van der Waals surface area contributed by atoms with Crippen LogP contribution in [0.5, 0.6) is 11.5 Å². The topological polar surface area (TPSA) is 98.5 Å². The van der Waals surface area contributed by atoms with Crippen molar-refractivity contribution in [2.75, 3.05) is 47.6 Å². The van der Waals surface area contributed by atoms with E-state index in [1.54, 1.807) is 68.9 Å². The highest BCUT2D eigenvalue weighted by Crippen LogP contribution is 2.28. The van der Waals surface area contributed by atoms with E-state index in [1.807, 2.05) is 25.1 Å². The molecule has 3 aromatic rings. The van der Waals surface area contributed by atoms with Crippen LogP contribution in [-0.2, 0) is 32.5 Å². The maximum atomic E-state index is 13.6. The molecule has 0 spiro atoms. The highest BCUT2D eigenvalue weighted by Gasteiger charge is 2.28. The molecule has 0 radical (unpaired) electrons. The molecule has 1 heterocycles. The molecule has 0 aliphatic rings. The zero-order valence-corrected chi connectivity index (χ0v) is 23.2. The number of amides is 1. The van der Waals surface area contributed by atoms with Crippen LogP contribution >= 0.6 is 0 Å². The summed E-state index contributed by atoms with van der Waals surface area (Å²) < 4.78 is 49.5. The third-order valence-electron chi connectivity index (χ3n) is 6.12. The minimum absolute atomic E-state index is 0.149. The molecule has 0 aliphatic carbocycles. The summed E-state index contributed by atoms with van der Waals surface area (Å²) in [5, 5.41) is 0. The van der Waals surface area contributed by atoms with E-state index in [1.165, 1.54) is 4.31 Å². The number of benzene rings is 2. The zero-order chi connectivity index (χ0) is 27.5. The molecule has 206 valence electrons.